The Labute approximate surface area is 182 Å². The van der Waals surface area contributed by atoms with Crippen LogP contribution in [0.1, 0.15) is 43.0 Å². The highest BCUT2D eigenvalue weighted by Gasteiger charge is 2.29. The van der Waals surface area contributed by atoms with Crippen molar-refractivity contribution < 1.29 is 22.8 Å². The number of hydrogen-bond acceptors (Lipinski definition) is 3. The second-order valence-corrected chi connectivity index (χ2v) is 7.67. The lowest BCUT2D eigenvalue weighted by atomic mass is 9.90. The molecule has 5 nitrogen and oxygen atoms in total. The minimum Gasteiger partial charge on any atom is -0.355 e. The SMILES string of the molecule is CNC(=O)c1ccc(Cc2cc3c(cc2C)CCN(c2ncc(F)cc2F)C3=O)cc1F. The fourth-order valence-electron chi connectivity index (χ4n) is 3.90. The van der Waals surface area contributed by atoms with E-state index in [0.29, 0.717) is 30.0 Å². The molecule has 1 aromatic heterocycles. The minimum atomic E-state index is -0.902. The van der Waals surface area contributed by atoms with Gasteiger partial charge in [-0.3, -0.25) is 14.5 Å². The van der Waals surface area contributed by atoms with Crippen LogP contribution in [0.15, 0.2) is 42.6 Å². The number of hydrogen-bond donors (Lipinski definition) is 1. The van der Waals surface area contributed by atoms with Crippen LogP contribution in [0.4, 0.5) is 19.0 Å². The fourth-order valence-corrected chi connectivity index (χ4v) is 3.90. The van der Waals surface area contributed by atoms with Crippen molar-refractivity contribution in [1.82, 2.24) is 10.3 Å². The summed E-state index contributed by atoms with van der Waals surface area (Å²) in [6.45, 7) is 2.13. The highest BCUT2D eigenvalue weighted by Crippen LogP contribution is 2.28. The van der Waals surface area contributed by atoms with Crippen molar-refractivity contribution in [2.24, 2.45) is 0 Å². The maximum Gasteiger partial charge on any atom is 0.259 e. The summed E-state index contributed by atoms with van der Waals surface area (Å²) in [6, 6.07) is 8.72. The molecule has 0 radical (unpaired) electrons. The number of rotatable bonds is 4. The molecule has 0 unspecified atom stereocenters. The molecule has 32 heavy (non-hydrogen) atoms. The third kappa shape index (κ3) is 3.95. The summed E-state index contributed by atoms with van der Waals surface area (Å²) in [6.07, 6.45) is 1.72. The van der Waals surface area contributed by atoms with Crippen LogP contribution in [0.2, 0.25) is 0 Å². The van der Waals surface area contributed by atoms with E-state index >= 15 is 0 Å². The van der Waals surface area contributed by atoms with Crippen molar-refractivity contribution in [3.05, 3.63) is 93.4 Å². The Balaban J connectivity index is 1.65. The van der Waals surface area contributed by atoms with Crippen LogP contribution >= 0.6 is 0 Å². The number of halogens is 3. The first-order valence-corrected chi connectivity index (χ1v) is 10.0. The number of aromatic nitrogens is 1. The second-order valence-electron chi connectivity index (χ2n) is 7.67. The summed E-state index contributed by atoms with van der Waals surface area (Å²) >= 11 is 0. The number of nitrogens with one attached hydrogen (secondary N) is 1. The lowest BCUT2D eigenvalue weighted by molar-refractivity contribution is 0.0956. The van der Waals surface area contributed by atoms with Gasteiger partial charge >= 0.3 is 0 Å². The Morgan fingerprint density at radius 2 is 1.91 bits per heavy atom. The van der Waals surface area contributed by atoms with Crippen LogP contribution in [-0.4, -0.2) is 30.4 Å². The van der Waals surface area contributed by atoms with Gasteiger partial charge in [0.25, 0.3) is 11.8 Å². The number of benzene rings is 2. The smallest absolute Gasteiger partial charge is 0.259 e. The van der Waals surface area contributed by atoms with E-state index in [9.17, 15) is 22.8 Å². The molecular weight excluding hydrogens is 419 g/mol. The van der Waals surface area contributed by atoms with Crippen molar-refractivity contribution >= 4 is 17.6 Å². The van der Waals surface area contributed by atoms with Crippen LogP contribution in [0.3, 0.4) is 0 Å². The number of aryl methyl sites for hydroxylation is 1. The average Bonchev–Trinajstić information content (AvgIpc) is 2.75. The maximum absolute atomic E-state index is 14.3. The van der Waals surface area contributed by atoms with Gasteiger partial charge in [-0.25, -0.2) is 18.2 Å². The molecule has 0 saturated heterocycles. The molecule has 0 spiro atoms. The van der Waals surface area contributed by atoms with Gasteiger partial charge in [0.2, 0.25) is 0 Å². The van der Waals surface area contributed by atoms with E-state index in [4.69, 9.17) is 0 Å². The summed E-state index contributed by atoms with van der Waals surface area (Å²) in [5.74, 6) is -3.49. The van der Waals surface area contributed by atoms with Gasteiger partial charge in [0.1, 0.15) is 11.6 Å². The van der Waals surface area contributed by atoms with E-state index in [-0.39, 0.29) is 17.9 Å². The number of fused-ring (bicyclic) bond motifs is 1. The lowest BCUT2D eigenvalue weighted by Gasteiger charge is -2.29. The molecule has 0 aliphatic carbocycles. The standard InChI is InChI=1S/C24H20F3N3O2/c1-13-7-15-5-6-30(22-21(27)11-17(25)12-29-22)24(32)19(15)10-16(13)8-14-3-4-18(20(26)9-14)23(31)28-2/h3-4,7,9-12H,5-6,8H2,1-2H3,(H,28,31). The van der Waals surface area contributed by atoms with E-state index in [1.807, 2.05) is 13.0 Å². The van der Waals surface area contributed by atoms with Crippen molar-refractivity contribution in [3.8, 4) is 0 Å². The predicted octanol–water partition coefficient (Wildman–Crippen LogP) is 3.96. The van der Waals surface area contributed by atoms with Crippen LogP contribution in [0.5, 0.6) is 0 Å². The summed E-state index contributed by atoms with van der Waals surface area (Å²) in [4.78, 5) is 29.8. The molecule has 1 N–H and O–H groups in total. The van der Waals surface area contributed by atoms with Crippen LogP contribution in [-0.2, 0) is 12.8 Å². The quantitative estimate of drug-likeness (QED) is 0.670. The monoisotopic (exact) mass is 439 g/mol. The van der Waals surface area contributed by atoms with E-state index in [1.165, 1.54) is 24.1 Å². The molecule has 0 atom stereocenters. The maximum atomic E-state index is 14.3. The Hall–Kier alpha value is -3.68. The first-order valence-electron chi connectivity index (χ1n) is 10.0. The fraction of sp³-hybridized carbons (Fsp3) is 0.208. The third-order valence-corrected chi connectivity index (χ3v) is 5.59. The first-order chi connectivity index (χ1) is 15.3. The summed E-state index contributed by atoms with van der Waals surface area (Å²) in [5.41, 5.74) is 3.58. The average molecular weight is 439 g/mol. The zero-order valence-electron chi connectivity index (χ0n) is 17.5. The van der Waals surface area contributed by atoms with Gasteiger partial charge < -0.3 is 5.32 Å². The Morgan fingerprint density at radius 1 is 1.12 bits per heavy atom. The van der Waals surface area contributed by atoms with Crippen LogP contribution in [0, 0.1) is 24.4 Å². The molecule has 2 aromatic carbocycles. The second kappa shape index (κ2) is 8.45. The molecule has 164 valence electrons. The van der Waals surface area contributed by atoms with Gasteiger partial charge in [-0.05, 0) is 60.2 Å². The topological polar surface area (TPSA) is 62.3 Å². The minimum absolute atomic E-state index is 0.0435. The van der Waals surface area contributed by atoms with E-state index in [2.05, 4.69) is 10.3 Å². The van der Waals surface area contributed by atoms with Crippen molar-refractivity contribution in [2.75, 3.05) is 18.5 Å². The van der Waals surface area contributed by atoms with Crippen LogP contribution in [0.25, 0.3) is 0 Å². The summed E-state index contributed by atoms with van der Waals surface area (Å²) in [5, 5.41) is 2.39. The molecule has 4 rings (SSSR count). The highest BCUT2D eigenvalue weighted by molar-refractivity contribution is 6.08. The molecule has 1 aliphatic heterocycles. The molecule has 0 saturated carbocycles. The van der Waals surface area contributed by atoms with E-state index in [0.717, 1.165) is 22.9 Å². The molecule has 2 heterocycles. The van der Waals surface area contributed by atoms with Crippen molar-refractivity contribution in [3.63, 3.8) is 0 Å². The molecule has 1 aliphatic rings. The summed E-state index contributed by atoms with van der Waals surface area (Å²) < 4.78 is 41.8. The van der Waals surface area contributed by atoms with Gasteiger partial charge in [0, 0.05) is 25.2 Å². The predicted molar refractivity (Wildman–Crippen MR) is 113 cm³/mol. The molecule has 3 aromatic rings. The van der Waals surface area contributed by atoms with Crippen molar-refractivity contribution in [2.45, 2.75) is 19.8 Å². The van der Waals surface area contributed by atoms with Gasteiger partial charge in [0.15, 0.2) is 11.6 Å². The molecular formula is C24H20F3N3O2. The molecule has 0 bridgehead atoms. The summed E-state index contributed by atoms with van der Waals surface area (Å²) in [7, 11) is 1.43. The number of nitrogens with zero attached hydrogens (tertiary/aromatic N) is 2. The Bertz CT molecular complexity index is 1240. The highest BCUT2D eigenvalue weighted by atomic mass is 19.1. The molecule has 0 fully saturated rings. The van der Waals surface area contributed by atoms with Crippen molar-refractivity contribution in [1.29, 1.82) is 0 Å². The normalized spacial score (nSPS) is 13.2. The van der Waals surface area contributed by atoms with E-state index in [1.54, 1.807) is 12.1 Å². The lowest BCUT2D eigenvalue weighted by Crippen LogP contribution is -2.39. The van der Waals surface area contributed by atoms with Gasteiger partial charge in [-0.15, -0.1) is 0 Å². The third-order valence-electron chi connectivity index (χ3n) is 5.59. The Kier molecular flexibility index (Phi) is 5.69. The number of pyridine rings is 1. The van der Waals surface area contributed by atoms with Gasteiger partial charge in [-0.2, -0.15) is 0 Å². The molecule has 8 heteroatoms. The number of carbonyl (C=O) groups excluding carboxylic acids is 2. The van der Waals surface area contributed by atoms with E-state index < -0.39 is 29.3 Å². The van der Waals surface area contributed by atoms with Crippen LogP contribution < -0.4 is 10.2 Å². The number of amides is 2. The molecule has 2 amide bonds. The largest absolute Gasteiger partial charge is 0.355 e. The number of carbonyl (C=O) groups is 2. The zero-order valence-corrected chi connectivity index (χ0v) is 17.5. The number of anilines is 1. The zero-order chi connectivity index (χ0) is 23.0. The van der Waals surface area contributed by atoms with Gasteiger partial charge in [0.05, 0.1) is 11.8 Å². The van der Waals surface area contributed by atoms with Gasteiger partial charge in [-0.1, -0.05) is 12.1 Å². The first kappa shape index (κ1) is 21.5. The Morgan fingerprint density at radius 3 is 2.59 bits per heavy atom.